The fraction of sp³-hybridized carbons (Fsp3) is 0.286. The quantitative estimate of drug-likeness (QED) is 0.756. The average Bonchev–Trinajstić information content (AvgIpc) is 2.96. The highest BCUT2D eigenvalue weighted by Crippen LogP contribution is 2.31. The van der Waals surface area contributed by atoms with Gasteiger partial charge in [0.25, 0.3) is 0 Å². The molecule has 1 aliphatic carbocycles. The number of hydrogen-bond acceptors (Lipinski definition) is 3. The summed E-state index contributed by atoms with van der Waals surface area (Å²) in [6.07, 6.45) is 3.47. The number of aryl methyl sites for hydroxylation is 2. The summed E-state index contributed by atoms with van der Waals surface area (Å²) in [5, 5.41) is 0. The molecule has 0 spiro atoms. The van der Waals surface area contributed by atoms with Crippen molar-refractivity contribution in [3.05, 3.63) is 48.5 Å². The first-order chi connectivity index (χ1) is 9.95. The number of thiophene rings is 1. The minimum Gasteiger partial charge on any atom is -0.207 e. The van der Waals surface area contributed by atoms with Crippen LogP contribution in [-0.4, -0.2) is 8.42 Å². The first kappa shape index (κ1) is 15.7. The first-order valence-electron chi connectivity index (χ1n) is 6.51. The molecule has 1 N–H and O–H groups in total. The highest BCUT2D eigenvalue weighted by molar-refractivity contribution is 9.11. The van der Waals surface area contributed by atoms with Gasteiger partial charge < -0.3 is 0 Å². The minimum atomic E-state index is -3.51. The van der Waals surface area contributed by atoms with Crippen LogP contribution in [0.3, 0.4) is 0 Å². The smallest absolute Gasteiger partial charge is 0.207 e. The summed E-state index contributed by atoms with van der Waals surface area (Å²) in [7, 11) is -3.51. The summed E-state index contributed by atoms with van der Waals surface area (Å²) in [5.74, 6) is 0. The topological polar surface area (TPSA) is 46.2 Å². The molecule has 1 aliphatic rings. The molecule has 2 aromatic rings. The van der Waals surface area contributed by atoms with Gasteiger partial charge in [-0.15, -0.1) is 11.3 Å². The van der Waals surface area contributed by atoms with Gasteiger partial charge in [0.15, 0.2) is 0 Å². The normalized spacial score (nSPS) is 14.4. The van der Waals surface area contributed by atoms with E-state index in [0.29, 0.717) is 11.0 Å². The van der Waals surface area contributed by atoms with Crippen LogP contribution in [0.25, 0.3) is 0 Å². The van der Waals surface area contributed by atoms with E-state index in [1.807, 2.05) is 0 Å². The van der Waals surface area contributed by atoms with Crippen molar-refractivity contribution < 1.29 is 8.42 Å². The molecule has 3 nitrogen and oxygen atoms in total. The number of fused-ring (bicyclic) bond motifs is 1. The fourth-order valence-electron chi connectivity index (χ4n) is 2.41. The molecule has 0 amide bonds. The molecule has 3 rings (SSSR count). The van der Waals surface area contributed by atoms with Crippen molar-refractivity contribution in [1.29, 1.82) is 0 Å². The minimum absolute atomic E-state index is 0.259. The molecule has 0 atom stereocenters. The van der Waals surface area contributed by atoms with E-state index in [4.69, 9.17) is 0 Å². The molecule has 1 aromatic carbocycles. The maximum absolute atomic E-state index is 12.4. The van der Waals surface area contributed by atoms with E-state index in [2.05, 4.69) is 42.6 Å². The lowest BCUT2D eigenvalue weighted by Crippen LogP contribution is -2.23. The Morgan fingerprint density at radius 1 is 1.19 bits per heavy atom. The number of rotatable bonds is 4. The summed E-state index contributed by atoms with van der Waals surface area (Å²) >= 11 is 8.34. The van der Waals surface area contributed by atoms with Crippen LogP contribution in [0.2, 0.25) is 0 Å². The van der Waals surface area contributed by atoms with E-state index < -0.39 is 10.0 Å². The average molecular weight is 451 g/mol. The Balaban J connectivity index is 1.76. The summed E-state index contributed by atoms with van der Waals surface area (Å²) in [6.45, 7) is 0.350. The van der Waals surface area contributed by atoms with E-state index in [1.165, 1.54) is 16.9 Å². The second-order valence-corrected chi connectivity index (χ2v) is 9.64. The second-order valence-electron chi connectivity index (χ2n) is 4.91. The highest BCUT2D eigenvalue weighted by atomic mass is 79.9. The summed E-state index contributed by atoms with van der Waals surface area (Å²) < 4.78 is 28.8. The Kier molecular flexibility index (Phi) is 4.57. The second kappa shape index (κ2) is 6.12. The molecule has 0 saturated carbocycles. The van der Waals surface area contributed by atoms with Gasteiger partial charge in [0.2, 0.25) is 10.0 Å². The molecule has 0 bridgehead atoms. The molecule has 0 saturated heterocycles. The van der Waals surface area contributed by atoms with Crippen molar-refractivity contribution in [3.63, 3.8) is 0 Å². The van der Waals surface area contributed by atoms with E-state index in [-0.39, 0.29) is 4.90 Å². The van der Waals surface area contributed by atoms with Gasteiger partial charge in [-0.05, 0) is 65.0 Å². The largest absolute Gasteiger partial charge is 0.242 e. The summed E-state index contributed by atoms with van der Waals surface area (Å²) in [5.41, 5.74) is 1.39. The summed E-state index contributed by atoms with van der Waals surface area (Å²) in [4.78, 5) is 2.75. The molecule has 112 valence electrons. The number of halogens is 2. The number of sulfonamides is 1. The van der Waals surface area contributed by atoms with Gasteiger partial charge >= 0.3 is 0 Å². The number of nitrogens with one attached hydrogen (secondary N) is 1. The predicted octanol–water partition coefficient (Wildman–Crippen LogP) is 4.24. The van der Waals surface area contributed by atoms with E-state index in [9.17, 15) is 8.42 Å². The zero-order valence-corrected chi connectivity index (χ0v) is 15.8. The van der Waals surface area contributed by atoms with Gasteiger partial charge in [-0.1, -0.05) is 15.9 Å². The van der Waals surface area contributed by atoms with Gasteiger partial charge in [-0.3, -0.25) is 0 Å². The monoisotopic (exact) mass is 449 g/mol. The zero-order chi connectivity index (χ0) is 15.0. The van der Waals surface area contributed by atoms with E-state index in [1.54, 1.807) is 29.5 Å². The first-order valence-corrected chi connectivity index (χ1v) is 10.4. The number of benzene rings is 1. The molecular weight excluding hydrogens is 438 g/mol. The third-order valence-electron chi connectivity index (χ3n) is 3.42. The van der Waals surface area contributed by atoms with Crippen molar-refractivity contribution in [2.24, 2.45) is 0 Å². The molecule has 0 aliphatic heterocycles. The van der Waals surface area contributed by atoms with Gasteiger partial charge in [-0.2, -0.15) is 0 Å². The van der Waals surface area contributed by atoms with Crippen molar-refractivity contribution in [3.8, 4) is 0 Å². The van der Waals surface area contributed by atoms with Crippen molar-refractivity contribution in [2.45, 2.75) is 30.7 Å². The summed E-state index contributed by atoms with van der Waals surface area (Å²) in [6, 6.07) is 7.17. The van der Waals surface area contributed by atoms with Crippen molar-refractivity contribution >= 4 is 53.2 Å². The van der Waals surface area contributed by atoms with Gasteiger partial charge in [-0.25, -0.2) is 13.1 Å². The van der Waals surface area contributed by atoms with Crippen LogP contribution in [0, 0.1) is 0 Å². The SMILES string of the molecule is O=S(=O)(NCc1cc2c(s1)CCC2)c1ccc(Br)cc1Br. The lowest BCUT2D eigenvalue weighted by Gasteiger charge is -2.08. The van der Waals surface area contributed by atoms with Crippen LogP contribution < -0.4 is 4.72 Å². The van der Waals surface area contributed by atoms with Crippen LogP contribution in [0.15, 0.2) is 38.1 Å². The molecule has 0 radical (unpaired) electrons. The van der Waals surface area contributed by atoms with E-state index in [0.717, 1.165) is 22.2 Å². The van der Waals surface area contributed by atoms with Crippen LogP contribution in [-0.2, 0) is 29.4 Å². The molecule has 0 fully saturated rings. The molecule has 0 unspecified atom stereocenters. The fourth-order valence-corrected chi connectivity index (χ4v) is 6.46. The number of hydrogen-bond donors (Lipinski definition) is 1. The van der Waals surface area contributed by atoms with Crippen molar-refractivity contribution in [2.75, 3.05) is 0 Å². The Morgan fingerprint density at radius 2 is 2.00 bits per heavy atom. The van der Waals surface area contributed by atoms with Crippen LogP contribution in [0.4, 0.5) is 0 Å². The molecule has 1 heterocycles. The third-order valence-corrected chi connectivity index (χ3v) is 7.53. The highest BCUT2D eigenvalue weighted by Gasteiger charge is 2.19. The van der Waals surface area contributed by atoms with Crippen LogP contribution in [0.5, 0.6) is 0 Å². The molecule has 1 aromatic heterocycles. The Hall–Kier alpha value is -0.210. The van der Waals surface area contributed by atoms with E-state index >= 15 is 0 Å². The Labute approximate surface area is 145 Å². The molecule has 7 heteroatoms. The van der Waals surface area contributed by atoms with Crippen molar-refractivity contribution in [1.82, 2.24) is 4.72 Å². The van der Waals surface area contributed by atoms with Crippen LogP contribution in [0.1, 0.15) is 21.7 Å². The molecule has 21 heavy (non-hydrogen) atoms. The standard InChI is InChI=1S/C14H13Br2NO2S2/c15-10-4-5-14(12(16)7-10)21(18,19)17-8-11-6-9-2-1-3-13(9)20-11/h4-7,17H,1-3,8H2. The predicted molar refractivity (Wildman–Crippen MR) is 92.2 cm³/mol. The van der Waals surface area contributed by atoms with Gasteiger partial charge in [0.05, 0.1) is 4.90 Å². The Morgan fingerprint density at radius 3 is 2.71 bits per heavy atom. The van der Waals surface area contributed by atoms with Crippen LogP contribution >= 0.6 is 43.2 Å². The lowest BCUT2D eigenvalue weighted by molar-refractivity contribution is 0.581. The maximum atomic E-state index is 12.4. The molecular formula is C14H13Br2NO2S2. The maximum Gasteiger partial charge on any atom is 0.242 e. The third kappa shape index (κ3) is 3.42. The zero-order valence-electron chi connectivity index (χ0n) is 11.0. The van der Waals surface area contributed by atoms with Gasteiger partial charge in [0.1, 0.15) is 0 Å². The Bertz CT molecular complexity index is 763. The lowest BCUT2D eigenvalue weighted by atomic mass is 10.2. The van der Waals surface area contributed by atoms with Gasteiger partial charge in [0, 0.05) is 25.2 Å².